The molecule has 0 N–H and O–H groups in total. The normalized spacial score (nSPS) is 13.7. The third-order valence-electron chi connectivity index (χ3n) is 11.1. The van der Waals surface area contributed by atoms with Crippen LogP contribution in [0.3, 0.4) is 0 Å². The molecule has 58 heavy (non-hydrogen) atoms. The minimum absolute atomic E-state index is 0.0279. The smallest absolute Gasteiger partial charge is 0.306 e. The van der Waals surface area contributed by atoms with Gasteiger partial charge >= 0.3 is 5.97 Å². The fourth-order valence-corrected chi connectivity index (χ4v) is 7.92. The molecule has 0 aromatic heterocycles. The number of carbonyl (C=O) groups is 1. The molecule has 0 amide bonds. The van der Waals surface area contributed by atoms with Crippen molar-refractivity contribution in [3.8, 4) is 0 Å². The second-order valence-electron chi connectivity index (χ2n) is 18.2. The first kappa shape index (κ1) is 57.2. The number of allylic oxidation sites excluding steroid dienone is 2. The number of esters is 1. The SMILES string of the molecule is CCCCCC/C=C\CCCCCCCC(=O)OC(COCCCCCCCCCCCCCCCCCCCCCCCCC)COP(=O)([O-])OCC[N+](C)(C)C. The number of rotatable bonds is 47. The predicted octanol–water partition coefficient (Wildman–Crippen LogP) is 14.4. The number of carbonyl (C=O) groups excluding carboxylic acids is 1. The van der Waals surface area contributed by atoms with Gasteiger partial charge in [0.1, 0.15) is 19.3 Å². The van der Waals surface area contributed by atoms with Crippen molar-refractivity contribution in [2.45, 2.75) is 245 Å². The van der Waals surface area contributed by atoms with Crippen molar-refractivity contribution in [3.63, 3.8) is 0 Å². The largest absolute Gasteiger partial charge is 0.756 e. The summed E-state index contributed by atoms with van der Waals surface area (Å²) in [6, 6.07) is 0. The maximum atomic E-state index is 12.7. The minimum Gasteiger partial charge on any atom is -0.756 e. The van der Waals surface area contributed by atoms with Crippen LogP contribution in [-0.2, 0) is 27.9 Å². The Kier molecular flexibility index (Phi) is 42.3. The second-order valence-corrected chi connectivity index (χ2v) is 19.6. The molecule has 0 saturated carbocycles. The van der Waals surface area contributed by atoms with E-state index in [1.807, 2.05) is 21.1 Å². The molecule has 0 rings (SSSR count). The van der Waals surface area contributed by atoms with Gasteiger partial charge in [0.15, 0.2) is 0 Å². The molecule has 0 aliphatic rings. The van der Waals surface area contributed by atoms with E-state index in [9.17, 15) is 14.3 Å². The Hall–Kier alpha value is -0.760. The molecule has 0 aromatic rings. The van der Waals surface area contributed by atoms with Crippen LogP contribution in [0.1, 0.15) is 239 Å². The van der Waals surface area contributed by atoms with E-state index in [2.05, 4.69) is 26.0 Å². The average Bonchev–Trinajstić information content (AvgIpc) is 3.18. The number of quaternary nitrogens is 1. The van der Waals surface area contributed by atoms with Crippen LogP contribution in [0.4, 0.5) is 0 Å². The maximum absolute atomic E-state index is 12.7. The second kappa shape index (κ2) is 42.9. The Morgan fingerprint density at radius 1 is 0.517 bits per heavy atom. The highest BCUT2D eigenvalue weighted by Crippen LogP contribution is 2.38. The first-order valence-electron chi connectivity index (χ1n) is 24.9. The van der Waals surface area contributed by atoms with Gasteiger partial charge in [-0.15, -0.1) is 0 Å². The van der Waals surface area contributed by atoms with Crippen molar-refractivity contribution in [2.75, 3.05) is 54.1 Å². The fraction of sp³-hybridized carbons (Fsp3) is 0.939. The van der Waals surface area contributed by atoms with Gasteiger partial charge in [-0.3, -0.25) is 9.36 Å². The van der Waals surface area contributed by atoms with E-state index < -0.39 is 13.9 Å². The number of ether oxygens (including phenoxy) is 2. The molecule has 9 heteroatoms. The molecule has 0 saturated heterocycles. The van der Waals surface area contributed by atoms with Gasteiger partial charge < -0.3 is 27.9 Å². The van der Waals surface area contributed by atoms with Crippen LogP contribution in [0.25, 0.3) is 0 Å². The zero-order valence-electron chi connectivity index (χ0n) is 39.3. The van der Waals surface area contributed by atoms with Gasteiger partial charge in [0.25, 0.3) is 7.82 Å². The monoisotopic (exact) mass is 844 g/mol. The maximum Gasteiger partial charge on any atom is 0.306 e. The number of hydrogen-bond donors (Lipinski definition) is 0. The molecule has 346 valence electrons. The Labute approximate surface area is 360 Å². The van der Waals surface area contributed by atoms with Crippen molar-refractivity contribution in [1.82, 2.24) is 0 Å². The van der Waals surface area contributed by atoms with E-state index in [4.69, 9.17) is 18.5 Å². The van der Waals surface area contributed by atoms with Gasteiger partial charge in [-0.25, -0.2) is 0 Å². The van der Waals surface area contributed by atoms with Crippen LogP contribution in [0.15, 0.2) is 12.2 Å². The van der Waals surface area contributed by atoms with E-state index in [-0.39, 0.29) is 25.8 Å². The van der Waals surface area contributed by atoms with Crippen LogP contribution < -0.4 is 4.89 Å². The Bertz CT molecular complexity index is 940. The van der Waals surface area contributed by atoms with Crippen LogP contribution in [-0.4, -0.2) is 70.7 Å². The van der Waals surface area contributed by atoms with Gasteiger partial charge in [0.2, 0.25) is 0 Å². The molecule has 0 aliphatic carbocycles. The standard InChI is InChI=1S/C49H98NO7P/c1-6-8-10-12-14-16-18-20-21-22-23-24-25-26-27-28-29-31-33-35-37-39-41-44-54-46-48(47-56-58(52,53)55-45-43-50(3,4)5)57-49(51)42-40-38-36-34-32-30-19-17-15-13-11-9-7-2/h17,19,48H,6-16,18,20-47H2,1-5H3/b19-17-. The van der Waals surface area contributed by atoms with Crippen molar-refractivity contribution in [1.29, 1.82) is 0 Å². The highest BCUT2D eigenvalue weighted by Gasteiger charge is 2.20. The van der Waals surface area contributed by atoms with Crippen molar-refractivity contribution in [2.24, 2.45) is 0 Å². The zero-order chi connectivity index (χ0) is 42.7. The summed E-state index contributed by atoms with van der Waals surface area (Å²) in [7, 11) is 1.36. The molecule has 0 aromatic carbocycles. The van der Waals surface area contributed by atoms with Gasteiger partial charge in [-0.1, -0.05) is 206 Å². The Balaban J connectivity index is 4.05. The number of phosphoric ester groups is 1. The molecule has 0 spiro atoms. The topological polar surface area (TPSA) is 94.1 Å². The van der Waals surface area contributed by atoms with Crippen LogP contribution in [0.5, 0.6) is 0 Å². The molecule has 0 fully saturated rings. The fourth-order valence-electron chi connectivity index (χ4n) is 7.19. The first-order valence-corrected chi connectivity index (χ1v) is 26.4. The first-order chi connectivity index (χ1) is 28.1. The van der Waals surface area contributed by atoms with Crippen molar-refractivity contribution < 1.29 is 37.3 Å². The number of phosphoric acid groups is 1. The lowest BCUT2D eigenvalue weighted by Gasteiger charge is -2.28. The predicted molar refractivity (Wildman–Crippen MR) is 245 cm³/mol. The molecule has 0 radical (unpaired) electrons. The van der Waals surface area contributed by atoms with E-state index >= 15 is 0 Å². The third-order valence-corrected chi connectivity index (χ3v) is 12.0. The highest BCUT2D eigenvalue weighted by molar-refractivity contribution is 7.45. The van der Waals surface area contributed by atoms with Crippen LogP contribution in [0, 0.1) is 0 Å². The molecule has 2 unspecified atom stereocenters. The number of hydrogen-bond acceptors (Lipinski definition) is 7. The molecule has 0 aliphatic heterocycles. The summed E-state index contributed by atoms with van der Waals surface area (Å²) in [6.45, 7) is 5.44. The number of likely N-dealkylation sites (N-methyl/N-ethyl adjacent to an activating group) is 1. The molecular formula is C49H98NO7P. The highest BCUT2D eigenvalue weighted by atomic mass is 31.2. The lowest BCUT2D eigenvalue weighted by molar-refractivity contribution is -0.870. The number of unbranched alkanes of at least 4 members (excludes halogenated alkanes) is 31. The molecule has 8 nitrogen and oxygen atoms in total. The summed E-state index contributed by atoms with van der Waals surface area (Å²) in [5, 5.41) is 0. The lowest BCUT2D eigenvalue weighted by atomic mass is 10.0. The summed E-state index contributed by atoms with van der Waals surface area (Å²) in [5.41, 5.74) is 0. The van der Waals surface area contributed by atoms with Crippen molar-refractivity contribution >= 4 is 13.8 Å². The third kappa shape index (κ3) is 46.3. The molecule has 2 atom stereocenters. The van der Waals surface area contributed by atoms with Gasteiger partial charge in [-0.05, 0) is 38.5 Å². The number of nitrogens with zero attached hydrogens (tertiary/aromatic N) is 1. The Morgan fingerprint density at radius 2 is 0.897 bits per heavy atom. The average molecular weight is 844 g/mol. The quantitative estimate of drug-likeness (QED) is 0.0198. The van der Waals surface area contributed by atoms with Crippen LogP contribution >= 0.6 is 7.82 Å². The zero-order valence-corrected chi connectivity index (χ0v) is 40.2. The van der Waals surface area contributed by atoms with E-state index in [1.54, 1.807) is 0 Å². The molecular weight excluding hydrogens is 746 g/mol. The van der Waals surface area contributed by atoms with Crippen molar-refractivity contribution in [3.05, 3.63) is 12.2 Å². The van der Waals surface area contributed by atoms with Crippen LogP contribution in [0.2, 0.25) is 0 Å². The summed E-state index contributed by atoms with van der Waals surface area (Å²) in [5.74, 6) is -0.338. The van der Waals surface area contributed by atoms with Gasteiger partial charge in [-0.2, -0.15) is 0 Å². The summed E-state index contributed by atoms with van der Waals surface area (Å²) < 4.78 is 34.7. The minimum atomic E-state index is -4.52. The lowest BCUT2D eigenvalue weighted by Crippen LogP contribution is -2.37. The summed E-state index contributed by atoms with van der Waals surface area (Å²) >= 11 is 0. The summed E-state index contributed by atoms with van der Waals surface area (Å²) in [6.07, 6.45) is 48.1. The Morgan fingerprint density at radius 3 is 1.33 bits per heavy atom. The van der Waals surface area contributed by atoms with Gasteiger partial charge in [0.05, 0.1) is 34.4 Å². The van der Waals surface area contributed by atoms with E-state index in [0.29, 0.717) is 24.1 Å². The van der Waals surface area contributed by atoms with E-state index in [0.717, 1.165) is 44.9 Å². The summed E-state index contributed by atoms with van der Waals surface area (Å²) in [4.78, 5) is 25.1. The molecule has 0 heterocycles. The van der Waals surface area contributed by atoms with Gasteiger partial charge in [0, 0.05) is 13.0 Å². The molecule has 0 bridgehead atoms. The van der Waals surface area contributed by atoms with E-state index in [1.165, 1.54) is 173 Å².